The number of hydrogen-bond donors (Lipinski definition) is 1. The molecule has 8 nitrogen and oxygen atoms in total. The van der Waals surface area contributed by atoms with Crippen LogP contribution in [0.1, 0.15) is 36.1 Å². The van der Waals surface area contributed by atoms with Gasteiger partial charge in [0.1, 0.15) is 23.1 Å². The minimum absolute atomic E-state index is 0.0350. The highest BCUT2D eigenvalue weighted by Crippen LogP contribution is 2.40. The van der Waals surface area contributed by atoms with Crippen molar-refractivity contribution in [3.05, 3.63) is 69.0 Å². The van der Waals surface area contributed by atoms with E-state index in [2.05, 4.69) is 11.0 Å². The molecule has 0 aliphatic carbocycles. The smallest absolute Gasteiger partial charge is 0.258 e. The molecule has 1 aromatic carbocycles. The van der Waals surface area contributed by atoms with Gasteiger partial charge in [-0.2, -0.15) is 5.26 Å². The monoisotopic (exact) mass is 450 g/mol. The molecule has 4 rings (SSSR count). The largest absolute Gasteiger partial charge is 0.494 e. The SMILES string of the molecule is CCOc1ccc([C@@H]2C(C#N)=C(N)Oc3cc(C)n(CCCN4CCOCC4)c(=O)c32)cc1. The number of allylic oxidation sites excluding steroid dienone is 1. The zero-order valence-corrected chi connectivity index (χ0v) is 19.2. The highest BCUT2D eigenvalue weighted by atomic mass is 16.5. The van der Waals surface area contributed by atoms with Gasteiger partial charge in [-0.3, -0.25) is 9.69 Å². The highest BCUT2D eigenvalue weighted by Gasteiger charge is 2.34. The molecule has 174 valence electrons. The van der Waals surface area contributed by atoms with Gasteiger partial charge in [0.15, 0.2) is 0 Å². The number of nitrogens with two attached hydrogens (primary N) is 1. The van der Waals surface area contributed by atoms with Crippen LogP contribution in [0, 0.1) is 18.3 Å². The van der Waals surface area contributed by atoms with Crippen molar-refractivity contribution >= 4 is 0 Å². The summed E-state index contributed by atoms with van der Waals surface area (Å²) >= 11 is 0. The second-order valence-electron chi connectivity index (χ2n) is 8.25. The van der Waals surface area contributed by atoms with Crippen LogP contribution in [0.3, 0.4) is 0 Å². The van der Waals surface area contributed by atoms with E-state index < -0.39 is 5.92 Å². The second-order valence-corrected chi connectivity index (χ2v) is 8.25. The molecular weight excluding hydrogens is 420 g/mol. The number of rotatable bonds is 7. The van der Waals surface area contributed by atoms with Crippen molar-refractivity contribution in [1.29, 1.82) is 5.26 Å². The third kappa shape index (κ3) is 4.75. The van der Waals surface area contributed by atoms with Crippen LogP contribution >= 0.6 is 0 Å². The normalized spacial score (nSPS) is 18.4. The zero-order chi connectivity index (χ0) is 23.4. The number of ether oxygens (including phenoxy) is 3. The van der Waals surface area contributed by atoms with Crippen LogP contribution in [0.25, 0.3) is 0 Å². The summed E-state index contributed by atoms with van der Waals surface area (Å²) in [5, 5.41) is 9.84. The van der Waals surface area contributed by atoms with Gasteiger partial charge in [0, 0.05) is 37.9 Å². The molecule has 0 bridgehead atoms. The van der Waals surface area contributed by atoms with Crippen LogP contribution < -0.4 is 20.8 Å². The minimum atomic E-state index is -0.590. The van der Waals surface area contributed by atoms with Crippen LogP contribution in [-0.2, 0) is 11.3 Å². The molecule has 2 aromatic rings. The van der Waals surface area contributed by atoms with Gasteiger partial charge < -0.3 is 24.5 Å². The fourth-order valence-electron chi connectivity index (χ4n) is 4.50. The summed E-state index contributed by atoms with van der Waals surface area (Å²) < 4.78 is 18.5. The molecule has 0 spiro atoms. The molecule has 0 unspecified atom stereocenters. The first-order valence-corrected chi connectivity index (χ1v) is 11.4. The molecule has 0 saturated carbocycles. The summed E-state index contributed by atoms with van der Waals surface area (Å²) in [6.45, 7) is 9.21. The number of aromatic nitrogens is 1. The Balaban J connectivity index is 1.68. The van der Waals surface area contributed by atoms with E-state index in [1.54, 1.807) is 4.57 Å². The maximum atomic E-state index is 13.7. The maximum Gasteiger partial charge on any atom is 0.258 e. The second kappa shape index (κ2) is 10.1. The van der Waals surface area contributed by atoms with Gasteiger partial charge >= 0.3 is 0 Å². The molecule has 33 heavy (non-hydrogen) atoms. The van der Waals surface area contributed by atoms with E-state index in [4.69, 9.17) is 19.9 Å². The predicted molar refractivity (Wildman–Crippen MR) is 124 cm³/mol. The van der Waals surface area contributed by atoms with Crippen LogP contribution in [0.15, 0.2) is 46.6 Å². The quantitative estimate of drug-likeness (QED) is 0.691. The maximum absolute atomic E-state index is 13.7. The van der Waals surface area contributed by atoms with Gasteiger partial charge in [0.25, 0.3) is 5.56 Å². The van der Waals surface area contributed by atoms with Crippen LogP contribution in [0.5, 0.6) is 11.5 Å². The fourth-order valence-corrected chi connectivity index (χ4v) is 4.50. The average molecular weight is 451 g/mol. The van der Waals surface area contributed by atoms with Crippen LogP contribution in [0.2, 0.25) is 0 Å². The standard InChI is InChI=1S/C25H30N4O4/c1-3-32-19-7-5-18(6-8-19)22-20(16-26)24(27)33-21-15-17(2)29(25(30)23(21)22)10-4-9-28-11-13-31-14-12-28/h5-8,15,22H,3-4,9-14,27H2,1-2H3/t22-/m1/s1. The molecule has 0 amide bonds. The van der Waals surface area contributed by atoms with E-state index in [9.17, 15) is 10.1 Å². The Morgan fingerprint density at radius 1 is 1.21 bits per heavy atom. The van der Waals surface area contributed by atoms with Crippen molar-refractivity contribution in [2.75, 3.05) is 39.5 Å². The topological polar surface area (TPSA) is 103 Å². The third-order valence-electron chi connectivity index (χ3n) is 6.17. The van der Waals surface area contributed by atoms with Gasteiger partial charge in [0.05, 0.1) is 31.3 Å². The molecule has 3 heterocycles. The Bertz CT molecular complexity index is 1120. The number of pyridine rings is 1. The molecule has 1 fully saturated rings. The van der Waals surface area contributed by atoms with Gasteiger partial charge in [-0.1, -0.05) is 12.1 Å². The van der Waals surface area contributed by atoms with Gasteiger partial charge in [-0.25, -0.2) is 0 Å². The van der Waals surface area contributed by atoms with E-state index in [0.29, 0.717) is 24.5 Å². The van der Waals surface area contributed by atoms with E-state index in [-0.39, 0.29) is 17.0 Å². The Morgan fingerprint density at radius 3 is 2.61 bits per heavy atom. The van der Waals surface area contributed by atoms with Crippen molar-refractivity contribution in [2.24, 2.45) is 5.73 Å². The summed E-state index contributed by atoms with van der Waals surface area (Å²) in [5.74, 6) is 0.589. The summed E-state index contributed by atoms with van der Waals surface area (Å²) in [5.41, 5.74) is 8.24. The minimum Gasteiger partial charge on any atom is -0.494 e. The Labute approximate surface area is 193 Å². The van der Waals surface area contributed by atoms with E-state index in [1.165, 1.54) is 0 Å². The van der Waals surface area contributed by atoms with Gasteiger partial charge in [-0.15, -0.1) is 0 Å². The van der Waals surface area contributed by atoms with Crippen LogP contribution in [-0.4, -0.2) is 48.9 Å². The lowest BCUT2D eigenvalue weighted by molar-refractivity contribution is 0.0369. The zero-order valence-electron chi connectivity index (χ0n) is 19.2. The molecule has 8 heteroatoms. The number of benzene rings is 1. The summed E-state index contributed by atoms with van der Waals surface area (Å²) in [6, 6.07) is 11.4. The number of hydrogen-bond acceptors (Lipinski definition) is 7. The lowest BCUT2D eigenvalue weighted by Gasteiger charge is -2.28. The third-order valence-corrected chi connectivity index (χ3v) is 6.17. The van der Waals surface area contributed by atoms with Gasteiger partial charge in [0.2, 0.25) is 5.88 Å². The number of morpholine rings is 1. The van der Waals surface area contributed by atoms with Crippen molar-refractivity contribution in [2.45, 2.75) is 32.7 Å². The Morgan fingerprint density at radius 2 is 1.94 bits per heavy atom. The molecule has 2 N–H and O–H groups in total. The van der Waals surface area contributed by atoms with Crippen LogP contribution in [0.4, 0.5) is 0 Å². The molecule has 2 aliphatic heterocycles. The first kappa shape index (κ1) is 22.9. The van der Waals surface area contributed by atoms with E-state index in [1.807, 2.05) is 44.2 Å². The molecule has 0 radical (unpaired) electrons. The molecule has 1 atom stereocenters. The fraction of sp³-hybridized carbons (Fsp3) is 0.440. The first-order valence-electron chi connectivity index (χ1n) is 11.4. The lowest BCUT2D eigenvalue weighted by Crippen LogP contribution is -2.38. The first-order chi connectivity index (χ1) is 16.0. The Kier molecular flexibility index (Phi) is 7.02. The van der Waals surface area contributed by atoms with Crippen molar-refractivity contribution in [1.82, 2.24) is 9.47 Å². The molecule has 2 aliphatic rings. The Hall–Kier alpha value is -3.28. The summed E-state index contributed by atoms with van der Waals surface area (Å²) in [6.07, 6.45) is 0.844. The number of aryl methyl sites for hydroxylation is 1. The summed E-state index contributed by atoms with van der Waals surface area (Å²) in [7, 11) is 0. The summed E-state index contributed by atoms with van der Waals surface area (Å²) in [4.78, 5) is 16.0. The average Bonchev–Trinajstić information content (AvgIpc) is 2.82. The van der Waals surface area contributed by atoms with Gasteiger partial charge in [-0.05, 0) is 38.0 Å². The van der Waals surface area contributed by atoms with Crippen molar-refractivity contribution < 1.29 is 14.2 Å². The molecule has 1 aromatic heterocycles. The lowest BCUT2D eigenvalue weighted by atomic mass is 9.84. The number of nitrogens with zero attached hydrogens (tertiary/aromatic N) is 3. The highest BCUT2D eigenvalue weighted by molar-refractivity contribution is 5.55. The number of nitriles is 1. The van der Waals surface area contributed by atoms with Crippen molar-refractivity contribution in [3.63, 3.8) is 0 Å². The number of fused-ring (bicyclic) bond motifs is 1. The van der Waals surface area contributed by atoms with E-state index >= 15 is 0 Å². The van der Waals surface area contributed by atoms with Crippen molar-refractivity contribution in [3.8, 4) is 17.6 Å². The predicted octanol–water partition coefficient (Wildman–Crippen LogP) is 2.50. The molecular formula is C25H30N4O4. The van der Waals surface area contributed by atoms with E-state index in [0.717, 1.165) is 56.3 Å². The molecule has 1 saturated heterocycles.